The van der Waals surface area contributed by atoms with Gasteiger partial charge in [-0.1, -0.05) is 45.2 Å². The second-order valence-corrected chi connectivity index (χ2v) is 15.1. The SMILES string of the molecule is C=C(C)C(=O)OCCCCCCOc1ccc2cc(OCOc3ccc(OC(=O)c4ccc(OCCCOC(=O)C(=C)C)c(OCCCOC(=O)C(=C)C)c4)cc3CCC)ccc2c1. The number of carbonyl (C=O) groups is 4. The minimum Gasteiger partial charge on any atom is -0.494 e. The van der Waals surface area contributed by atoms with Crippen LogP contribution < -0.4 is 28.4 Å². The largest absolute Gasteiger partial charge is 0.494 e. The lowest BCUT2D eigenvalue weighted by Crippen LogP contribution is -2.12. The summed E-state index contributed by atoms with van der Waals surface area (Å²) in [7, 11) is 0. The highest BCUT2D eigenvalue weighted by molar-refractivity contribution is 5.92. The molecule has 0 heterocycles. The van der Waals surface area contributed by atoms with Crippen molar-refractivity contribution in [3.63, 3.8) is 0 Å². The van der Waals surface area contributed by atoms with Crippen LogP contribution >= 0.6 is 0 Å². The van der Waals surface area contributed by atoms with E-state index in [2.05, 4.69) is 19.7 Å². The topological polar surface area (TPSA) is 151 Å². The molecule has 0 radical (unpaired) electrons. The Morgan fingerprint density at radius 2 is 0.969 bits per heavy atom. The summed E-state index contributed by atoms with van der Waals surface area (Å²) in [5.74, 6) is 1.12. The van der Waals surface area contributed by atoms with Gasteiger partial charge < -0.3 is 42.6 Å². The number of ether oxygens (including phenoxy) is 9. The fourth-order valence-electron chi connectivity index (χ4n) is 5.89. The van der Waals surface area contributed by atoms with Gasteiger partial charge in [-0.05, 0) is 130 Å². The molecule has 13 nitrogen and oxygen atoms in total. The Hall–Kier alpha value is -6.76. The van der Waals surface area contributed by atoms with E-state index in [0.29, 0.717) is 72.2 Å². The number of hydrogen-bond acceptors (Lipinski definition) is 13. The van der Waals surface area contributed by atoms with Crippen LogP contribution in [-0.4, -0.2) is 70.3 Å². The molecule has 342 valence electrons. The summed E-state index contributed by atoms with van der Waals surface area (Å²) >= 11 is 0. The van der Waals surface area contributed by atoms with Crippen LogP contribution in [0.3, 0.4) is 0 Å². The van der Waals surface area contributed by atoms with E-state index < -0.39 is 17.9 Å². The first kappa shape index (κ1) is 49.9. The van der Waals surface area contributed by atoms with Crippen molar-refractivity contribution in [2.24, 2.45) is 0 Å². The minimum atomic E-state index is -0.611. The molecule has 0 aliphatic heterocycles. The van der Waals surface area contributed by atoms with Crippen LogP contribution in [0.2, 0.25) is 0 Å². The van der Waals surface area contributed by atoms with Gasteiger partial charge in [-0.3, -0.25) is 0 Å². The third kappa shape index (κ3) is 17.2. The van der Waals surface area contributed by atoms with Crippen LogP contribution in [0.4, 0.5) is 0 Å². The molecule has 4 aromatic rings. The number of esters is 4. The number of rotatable bonds is 29. The molecular formula is C51H60O13. The third-order valence-electron chi connectivity index (χ3n) is 9.31. The van der Waals surface area contributed by atoms with Gasteiger partial charge in [0.05, 0.1) is 45.2 Å². The molecule has 13 heteroatoms. The van der Waals surface area contributed by atoms with Crippen LogP contribution in [-0.2, 0) is 35.0 Å². The molecule has 0 unspecified atom stereocenters. The summed E-state index contributed by atoms with van der Waals surface area (Å²) in [6.45, 7) is 19.2. The average Bonchev–Trinajstić information content (AvgIpc) is 3.27. The smallest absolute Gasteiger partial charge is 0.343 e. The first-order valence-corrected chi connectivity index (χ1v) is 21.5. The molecule has 4 rings (SSSR count). The van der Waals surface area contributed by atoms with E-state index in [0.717, 1.165) is 54.2 Å². The second-order valence-electron chi connectivity index (χ2n) is 15.1. The summed E-state index contributed by atoms with van der Waals surface area (Å²) in [6, 6.07) is 21.6. The van der Waals surface area contributed by atoms with Gasteiger partial charge in [-0.25, -0.2) is 19.2 Å². The molecule has 64 heavy (non-hydrogen) atoms. The summed E-state index contributed by atoms with van der Waals surface area (Å²) < 4.78 is 51.1. The first-order valence-electron chi connectivity index (χ1n) is 21.5. The van der Waals surface area contributed by atoms with Crippen molar-refractivity contribution in [1.82, 2.24) is 0 Å². The highest BCUT2D eigenvalue weighted by Crippen LogP contribution is 2.31. The van der Waals surface area contributed by atoms with Gasteiger partial charge in [0, 0.05) is 29.6 Å². The number of carbonyl (C=O) groups excluding carboxylic acids is 4. The molecule has 0 aliphatic carbocycles. The maximum absolute atomic E-state index is 13.4. The molecule has 0 spiro atoms. The van der Waals surface area contributed by atoms with E-state index in [4.69, 9.17) is 42.6 Å². The van der Waals surface area contributed by atoms with E-state index in [1.54, 1.807) is 51.1 Å². The van der Waals surface area contributed by atoms with Crippen molar-refractivity contribution in [2.45, 2.75) is 79.1 Å². The van der Waals surface area contributed by atoms with Crippen LogP contribution in [0.25, 0.3) is 10.8 Å². The number of unbranched alkanes of at least 4 members (excludes halogenated alkanes) is 3. The molecule has 0 atom stereocenters. The molecule has 0 aliphatic rings. The average molecular weight is 881 g/mol. The second kappa shape index (κ2) is 26.7. The Morgan fingerprint density at radius 3 is 1.55 bits per heavy atom. The van der Waals surface area contributed by atoms with Gasteiger partial charge in [0.15, 0.2) is 11.5 Å². The van der Waals surface area contributed by atoms with Crippen LogP contribution in [0.5, 0.6) is 34.5 Å². The van der Waals surface area contributed by atoms with E-state index in [-0.39, 0.29) is 50.5 Å². The zero-order valence-electron chi connectivity index (χ0n) is 37.5. The molecule has 0 saturated carbocycles. The van der Waals surface area contributed by atoms with Crippen LogP contribution in [0.1, 0.15) is 88.6 Å². The third-order valence-corrected chi connectivity index (χ3v) is 9.31. The van der Waals surface area contributed by atoms with Gasteiger partial charge in [0.1, 0.15) is 23.0 Å². The molecule has 0 bridgehead atoms. The number of fused-ring (bicyclic) bond motifs is 1. The lowest BCUT2D eigenvalue weighted by molar-refractivity contribution is -0.140. The Balaban J connectivity index is 1.29. The van der Waals surface area contributed by atoms with Crippen LogP contribution in [0.15, 0.2) is 109 Å². The highest BCUT2D eigenvalue weighted by atomic mass is 16.7. The summed E-state index contributed by atoms with van der Waals surface area (Å²) in [5, 5.41) is 2.01. The number of hydrogen-bond donors (Lipinski definition) is 0. The molecule has 0 aromatic heterocycles. The van der Waals surface area contributed by atoms with Gasteiger partial charge in [0.2, 0.25) is 6.79 Å². The zero-order chi connectivity index (χ0) is 46.3. The molecule has 0 fully saturated rings. The van der Waals surface area contributed by atoms with Crippen molar-refractivity contribution in [3.8, 4) is 34.5 Å². The maximum atomic E-state index is 13.4. The number of benzene rings is 4. The molecular weight excluding hydrogens is 821 g/mol. The quantitative estimate of drug-likeness (QED) is 0.0127. The fraction of sp³-hybridized carbons (Fsp3) is 0.373. The van der Waals surface area contributed by atoms with Crippen molar-refractivity contribution in [1.29, 1.82) is 0 Å². The summed E-state index contributed by atoms with van der Waals surface area (Å²) in [4.78, 5) is 48.3. The van der Waals surface area contributed by atoms with Crippen molar-refractivity contribution in [3.05, 3.63) is 120 Å². The van der Waals surface area contributed by atoms with E-state index >= 15 is 0 Å². The zero-order valence-corrected chi connectivity index (χ0v) is 37.5. The first-order chi connectivity index (χ1) is 30.8. The van der Waals surface area contributed by atoms with Crippen molar-refractivity contribution < 1.29 is 61.8 Å². The summed E-state index contributed by atoms with van der Waals surface area (Å²) in [5.41, 5.74) is 2.09. The predicted molar refractivity (Wildman–Crippen MR) is 243 cm³/mol. The lowest BCUT2D eigenvalue weighted by atomic mass is 10.1. The monoisotopic (exact) mass is 880 g/mol. The minimum absolute atomic E-state index is 0.0357. The summed E-state index contributed by atoms with van der Waals surface area (Å²) in [6.07, 6.45) is 5.93. The van der Waals surface area contributed by atoms with E-state index in [1.807, 2.05) is 43.3 Å². The normalized spacial score (nSPS) is 10.6. The predicted octanol–water partition coefficient (Wildman–Crippen LogP) is 10.3. The van der Waals surface area contributed by atoms with Crippen molar-refractivity contribution in [2.75, 3.05) is 46.4 Å². The Labute approximate surface area is 375 Å². The Morgan fingerprint density at radius 1 is 0.469 bits per heavy atom. The van der Waals surface area contributed by atoms with Gasteiger partial charge in [-0.15, -0.1) is 0 Å². The number of aryl methyl sites for hydroxylation is 1. The van der Waals surface area contributed by atoms with Crippen LogP contribution in [0, 0.1) is 0 Å². The Bertz CT molecular complexity index is 2240. The van der Waals surface area contributed by atoms with Crippen molar-refractivity contribution >= 4 is 34.6 Å². The maximum Gasteiger partial charge on any atom is 0.343 e. The van der Waals surface area contributed by atoms with Gasteiger partial charge in [-0.2, -0.15) is 0 Å². The fourth-order valence-corrected chi connectivity index (χ4v) is 5.89. The van der Waals surface area contributed by atoms with Gasteiger partial charge in [0.25, 0.3) is 0 Å². The highest BCUT2D eigenvalue weighted by Gasteiger charge is 2.16. The van der Waals surface area contributed by atoms with E-state index in [1.165, 1.54) is 6.07 Å². The molecule has 0 amide bonds. The molecule has 0 N–H and O–H groups in total. The molecule has 0 saturated heterocycles. The molecule has 4 aromatic carbocycles. The van der Waals surface area contributed by atoms with Gasteiger partial charge >= 0.3 is 23.9 Å². The van der Waals surface area contributed by atoms with E-state index in [9.17, 15) is 19.2 Å². The Kier molecular flexibility index (Phi) is 20.8. The lowest BCUT2D eigenvalue weighted by Gasteiger charge is -2.15. The standard InChI is InChI=1S/C51H60O13/c1-8-15-40-32-44(64-51(55)41-18-22-46(57-26-13-28-60-49(53)36(4)5)47(33-41)58-27-14-29-61-50(54)37(6)7)21-23-45(40)63-34-62-43-20-17-38-30-42(19-16-39(38)31-43)56-24-11-9-10-12-25-59-48(52)35(2)3/h16-23,30-33H,2,4,6,8-15,24-29,34H2,1,3,5,7H3.